The summed E-state index contributed by atoms with van der Waals surface area (Å²) in [7, 11) is 3.68. The van der Waals surface area contributed by atoms with Crippen LogP contribution in [0.4, 0.5) is 4.39 Å². The number of carbonyl (C=O) groups is 2. The standard InChI is InChI=1S/C17H22FN3O3/c1-19-7-9-21(10-8-19)17(23)16-15(20(2)14(22)11-24-16)12-3-5-13(18)6-4-12/h3-6,15-16H,7-11H2,1-2H3/t15-,16+/m1/s1. The van der Waals surface area contributed by atoms with Gasteiger partial charge in [0.2, 0.25) is 5.91 Å². The molecule has 1 aromatic rings. The minimum atomic E-state index is -0.762. The van der Waals surface area contributed by atoms with Gasteiger partial charge in [-0.2, -0.15) is 0 Å². The van der Waals surface area contributed by atoms with Crippen molar-refractivity contribution in [2.75, 3.05) is 46.9 Å². The molecule has 2 aliphatic rings. The fourth-order valence-electron chi connectivity index (χ4n) is 3.18. The lowest BCUT2D eigenvalue weighted by Gasteiger charge is -2.41. The van der Waals surface area contributed by atoms with Crippen molar-refractivity contribution in [3.05, 3.63) is 35.6 Å². The molecule has 6 nitrogen and oxygen atoms in total. The molecule has 0 radical (unpaired) electrons. The van der Waals surface area contributed by atoms with Crippen LogP contribution in [0.2, 0.25) is 0 Å². The third kappa shape index (κ3) is 3.27. The summed E-state index contributed by atoms with van der Waals surface area (Å²) in [5.41, 5.74) is 0.694. The highest BCUT2D eigenvalue weighted by Crippen LogP contribution is 2.30. The van der Waals surface area contributed by atoms with Gasteiger partial charge in [-0.05, 0) is 24.7 Å². The Hall–Kier alpha value is -1.99. The van der Waals surface area contributed by atoms with E-state index in [1.807, 2.05) is 7.05 Å². The minimum Gasteiger partial charge on any atom is -0.356 e. The Morgan fingerprint density at radius 3 is 2.38 bits per heavy atom. The third-order valence-corrected chi connectivity index (χ3v) is 4.75. The lowest BCUT2D eigenvalue weighted by Crippen LogP contribution is -2.56. The average molecular weight is 335 g/mol. The monoisotopic (exact) mass is 335 g/mol. The third-order valence-electron chi connectivity index (χ3n) is 4.75. The van der Waals surface area contributed by atoms with E-state index in [1.54, 1.807) is 24.1 Å². The van der Waals surface area contributed by atoms with Crippen molar-refractivity contribution in [3.63, 3.8) is 0 Å². The second-order valence-corrected chi connectivity index (χ2v) is 6.36. The molecule has 0 saturated carbocycles. The Morgan fingerprint density at radius 1 is 1.12 bits per heavy atom. The summed E-state index contributed by atoms with van der Waals surface area (Å²) in [5, 5.41) is 0. The van der Waals surface area contributed by atoms with Gasteiger partial charge in [0.05, 0.1) is 6.04 Å². The molecular weight excluding hydrogens is 313 g/mol. The number of likely N-dealkylation sites (N-methyl/N-ethyl adjacent to an activating group) is 2. The van der Waals surface area contributed by atoms with Crippen LogP contribution in [0.5, 0.6) is 0 Å². The normalized spacial score (nSPS) is 25.9. The van der Waals surface area contributed by atoms with Gasteiger partial charge in [0.15, 0.2) is 6.10 Å². The predicted molar refractivity (Wildman–Crippen MR) is 85.7 cm³/mol. The Kier molecular flexibility index (Phi) is 4.82. The second-order valence-electron chi connectivity index (χ2n) is 6.36. The summed E-state index contributed by atoms with van der Waals surface area (Å²) in [6.07, 6.45) is -0.762. The molecule has 0 aliphatic carbocycles. The zero-order valence-electron chi connectivity index (χ0n) is 13.9. The van der Waals surface area contributed by atoms with E-state index in [4.69, 9.17) is 4.74 Å². The Morgan fingerprint density at radius 2 is 1.75 bits per heavy atom. The van der Waals surface area contributed by atoms with Crippen molar-refractivity contribution < 1.29 is 18.7 Å². The van der Waals surface area contributed by atoms with Crippen LogP contribution in [0.25, 0.3) is 0 Å². The summed E-state index contributed by atoms with van der Waals surface area (Å²) < 4.78 is 18.8. The molecule has 0 unspecified atom stereocenters. The van der Waals surface area contributed by atoms with Crippen molar-refractivity contribution in [2.24, 2.45) is 0 Å². The van der Waals surface area contributed by atoms with Crippen LogP contribution in [-0.4, -0.2) is 79.5 Å². The highest BCUT2D eigenvalue weighted by Gasteiger charge is 2.42. The molecular formula is C17H22FN3O3. The molecule has 24 heavy (non-hydrogen) atoms. The van der Waals surface area contributed by atoms with Gasteiger partial charge in [-0.15, -0.1) is 0 Å². The first-order valence-electron chi connectivity index (χ1n) is 8.07. The van der Waals surface area contributed by atoms with Crippen LogP contribution in [0.15, 0.2) is 24.3 Å². The number of halogens is 1. The Labute approximate surface area is 140 Å². The number of amides is 2. The van der Waals surface area contributed by atoms with E-state index in [-0.39, 0.29) is 24.2 Å². The first-order chi connectivity index (χ1) is 11.5. The van der Waals surface area contributed by atoms with Crippen molar-refractivity contribution in [1.82, 2.24) is 14.7 Å². The van der Waals surface area contributed by atoms with Gasteiger partial charge in [-0.1, -0.05) is 12.1 Å². The number of nitrogens with zero attached hydrogens (tertiary/aromatic N) is 3. The van der Waals surface area contributed by atoms with E-state index in [2.05, 4.69) is 4.90 Å². The second kappa shape index (κ2) is 6.86. The van der Waals surface area contributed by atoms with Gasteiger partial charge in [-0.3, -0.25) is 9.59 Å². The lowest BCUT2D eigenvalue weighted by molar-refractivity contribution is -0.168. The summed E-state index contributed by atoms with van der Waals surface area (Å²) in [4.78, 5) is 30.4. The molecule has 3 rings (SSSR count). The summed E-state index contributed by atoms with van der Waals surface area (Å²) in [6, 6.07) is 5.32. The number of hydrogen-bond donors (Lipinski definition) is 0. The number of benzene rings is 1. The van der Waals surface area contributed by atoms with E-state index in [0.717, 1.165) is 13.1 Å². The molecule has 7 heteroatoms. The molecule has 0 N–H and O–H groups in total. The smallest absolute Gasteiger partial charge is 0.254 e. The molecule has 1 aromatic carbocycles. The predicted octanol–water partition coefficient (Wildman–Crippen LogP) is 0.498. The highest BCUT2D eigenvalue weighted by atomic mass is 19.1. The number of piperazine rings is 1. The topological polar surface area (TPSA) is 53.1 Å². The van der Waals surface area contributed by atoms with Crippen LogP contribution >= 0.6 is 0 Å². The van der Waals surface area contributed by atoms with E-state index >= 15 is 0 Å². The zero-order valence-corrected chi connectivity index (χ0v) is 13.9. The van der Waals surface area contributed by atoms with Crippen molar-refractivity contribution in [3.8, 4) is 0 Å². The largest absolute Gasteiger partial charge is 0.356 e. The Balaban J connectivity index is 1.84. The van der Waals surface area contributed by atoms with Crippen molar-refractivity contribution in [2.45, 2.75) is 12.1 Å². The van der Waals surface area contributed by atoms with Crippen molar-refractivity contribution in [1.29, 1.82) is 0 Å². The molecule has 2 fully saturated rings. The molecule has 130 valence electrons. The minimum absolute atomic E-state index is 0.113. The number of carbonyl (C=O) groups excluding carboxylic acids is 2. The summed E-state index contributed by atoms with van der Waals surface area (Å²) in [6.45, 7) is 2.80. The van der Waals surface area contributed by atoms with Crippen LogP contribution in [0.3, 0.4) is 0 Å². The summed E-state index contributed by atoms with van der Waals surface area (Å²) in [5.74, 6) is -0.657. The number of morpholine rings is 1. The summed E-state index contributed by atoms with van der Waals surface area (Å²) >= 11 is 0. The van der Waals surface area contributed by atoms with Crippen LogP contribution in [0, 0.1) is 5.82 Å². The van der Waals surface area contributed by atoms with Crippen LogP contribution in [0.1, 0.15) is 11.6 Å². The number of hydrogen-bond acceptors (Lipinski definition) is 4. The SMILES string of the molecule is CN1CCN(C(=O)[C@H]2OCC(=O)N(C)[C@@H]2c2ccc(F)cc2)CC1. The van der Waals surface area contributed by atoms with Gasteiger partial charge in [0.1, 0.15) is 12.4 Å². The number of rotatable bonds is 2. The van der Waals surface area contributed by atoms with E-state index in [9.17, 15) is 14.0 Å². The number of ether oxygens (including phenoxy) is 1. The van der Waals surface area contributed by atoms with Crippen LogP contribution in [-0.2, 0) is 14.3 Å². The fraction of sp³-hybridized carbons (Fsp3) is 0.529. The van der Waals surface area contributed by atoms with Crippen molar-refractivity contribution >= 4 is 11.8 Å². The zero-order chi connectivity index (χ0) is 17.3. The molecule has 2 saturated heterocycles. The molecule has 2 heterocycles. The first-order valence-corrected chi connectivity index (χ1v) is 8.07. The molecule has 0 spiro atoms. The maximum Gasteiger partial charge on any atom is 0.254 e. The molecule has 2 atom stereocenters. The van der Waals surface area contributed by atoms with Gasteiger partial charge in [0.25, 0.3) is 5.91 Å². The van der Waals surface area contributed by atoms with Gasteiger partial charge >= 0.3 is 0 Å². The van der Waals surface area contributed by atoms with E-state index in [0.29, 0.717) is 18.7 Å². The Bertz CT molecular complexity index is 614. The lowest BCUT2D eigenvalue weighted by atomic mass is 9.97. The molecule has 2 aliphatic heterocycles. The quantitative estimate of drug-likeness (QED) is 0.790. The van der Waals surface area contributed by atoms with Gasteiger partial charge in [-0.25, -0.2) is 4.39 Å². The highest BCUT2D eigenvalue weighted by molar-refractivity contribution is 5.86. The molecule has 0 bridgehead atoms. The van der Waals surface area contributed by atoms with E-state index in [1.165, 1.54) is 17.0 Å². The fourth-order valence-corrected chi connectivity index (χ4v) is 3.18. The molecule has 2 amide bonds. The van der Waals surface area contributed by atoms with Crippen LogP contribution < -0.4 is 0 Å². The van der Waals surface area contributed by atoms with E-state index < -0.39 is 12.1 Å². The first kappa shape index (κ1) is 16.9. The maximum absolute atomic E-state index is 13.2. The van der Waals surface area contributed by atoms with Gasteiger partial charge in [0, 0.05) is 33.2 Å². The maximum atomic E-state index is 13.2. The van der Waals surface area contributed by atoms with Gasteiger partial charge < -0.3 is 19.4 Å². The molecule has 0 aromatic heterocycles. The average Bonchev–Trinajstić information content (AvgIpc) is 2.58.